The first-order valence-corrected chi connectivity index (χ1v) is 5.80. The molecule has 0 aromatic rings. The molecule has 0 amide bonds. The van der Waals surface area contributed by atoms with E-state index in [4.69, 9.17) is 5.26 Å². The summed E-state index contributed by atoms with van der Waals surface area (Å²) in [4.78, 5) is 0. The summed E-state index contributed by atoms with van der Waals surface area (Å²) in [7, 11) is 0. The highest BCUT2D eigenvalue weighted by Crippen LogP contribution is 2.37. The highest BCUT2D eigenvalue weighted by Gasteiger charge is 2.23. The van der Waals surface area contributed by atoms with E-state index < -0.39 is 0 Å². The average molecular weight is 195 g/mol. The Labute approximate surface area is 85.2 Å². The van der Waals surface area contributed by atoms with E-state index in [1.807, 2.05) is 11.8 Å². The molecule has 1 heterocycles. The third kappa shape index (κ3) is 2.77. The zero-order valence-corrected chi connectivity index (χ0v) is 9.40. The van der Waals surface area contributed by atoms with Gasteiger partial charge in [0.2, 0.25) is 0 Å². The molecule has 1 rings (SSSR count). The maximum atomic E-state index is 8.73. The molecule has 13 heavy (non-hydrogen) atoms. The fourth-order valence-corrected chi connectivity index (χ4v) is 2.73. The van der Waals surface area contributed by atoms with Crippen LogP contribution in [-0.4, -0.2) is 5.25 Å². The van der Waals surface area contributed by atoms with Crippen LogP contribution >= 0.6 is 11.8 Å². The van der Waals surface area contributed by atoms with Crippen LogP contribution in [0.1, 0.15) is 33.6 Å². The van der Waals surface area contributed by atoms with Crippen molar-refractivity contribution >= 4 is 11.8 Å². The van der Waals surface area contributed by atoms with Gasteiger partial charge in [-0.05, 0) is 23.7 Å². The molecule has 0 N–H and O–H groups in total. The molecule has 72 valence electrons. The standard InChI is InChI=1S/C11H17NS/c1-8(2)11(4-5-12)10-6-9(3)13-7-10/h7-9,11H,4,6H2,1-3H3/t9?,11-/m0/s1. The third-order valence-corrected chi connectivity index (χ3v) is 3.64. The molecule has 0 bridgehead atoms. The molecule has 0 saturated carbocycles. The predicted molar refractivity (Wildman–Crippen MR) is 58.3 cm³/mol. The van der Waals surface area contributed by atoms with Crippen molar-refractivity contribution in [2.24, 2.45) is 11.8 Å². The fraction of sp³-hybridized carbons (Fsp3) is 0.727. The minimum atomic E-state index is 0.488. The zero-order valence-electron chi connectivity index (χ0n) is 8.58. The molecule has 1 unspecified atom stereocenters. The monoisotopic (exact) mass is 195 g/mol. The lowest BCUT2D eigenvalue weighted by Gasteiger charge is -2.19. The van der Waals surface area contributed by atoms with E-state index in [1.165, 1.54) is 12.0 Å². The average Bonchev–Trinajstić information content (AvgIpc) is 2.46. The lowest BCUT2D eigenvalue weighted by molar-refractivity contribution is 0.441. The molecule has 2 heteroatoms. The van der Waals surface area contributed by atoms with Crippen molar-refractivity contribution in [3.63, 3.8) is 0 Å². The Bertz CT molecular complexity index is 237. The van der Waals surface area contributed by atoms with Gasteiger partial charge < -0.3 is 0 Å². The van der Waals surface area contributed by atoms with Crippen LogP contribution in [0.3, 0.4) is 0 Å². The zero-order chi connectivity index (χ0) is 9.84. The molecule has 0 spiro atoms. The molecule has 0 fully saturated rings. The van der Waals surface area contributed by atoms with Gasteiger partial charge in [-0.1, -0.05) is 26.3 Å². The normalized spacial score (nSPS) is 24.2. The molecule has 0 aliphatic carbocycles. The molecule has 0 aromatic carbocycles. The first kappa shape index (κ1) is 10.7. The number of hydrogen-bond donors (Lipinski definition) is 0. The van der Waals surface area contributed by atoms with Crippen molar-refractivity contribution in [1.82, 2.24) is 0 Å². The lowest BCUT2D eigenvalue weighted by atomic mass is 9.85. The van der Waals surface area contributed by atoms with E-state index in [0.29, 0.717) is 18.3 Å². The van der Waals surface area contributed by atoms with Gasteiger partial charge in [-0.25, -0.2) is 0 Å². The first-order valence-electron chi connectivity index (χ1n) is 4.86. The van der Waals surface area contributed by atoms with Crippen LogP contribution in [0.2, 0.25) is 0 Å². The number of nitrogens with zero attached hydrogens (tertiary/aromatic N) is 1. The highest BCUT2D eigenvalue weighted by atomic mass is 32.2. The van der Waals surface area contributed by atoms with E-state index in [-0.39, 0.29) is 0 Å². The van der Waals surface area contributed by atoms with Gasteiger partial charge in [-0.15, -0.1) is 11.8 Å². The van der Waals surface area contributed by atoms with Crippen LogP contribution in [0, 0.1) is 23.2 Å². The van der Waals surface area contributed by atoms with Gasteiger partial charge in [0.1, 0.15) is 0 Å². The topological polar surface area (TPSA) is 23.8 Å². The molecular formula is C11H17NS. The van der Waals surface area contributed by atoms with Gasteiger partial charge >= 0.3 is 0 Å². The molecule has 2 atom stereocenters. The van der Waals surface area contributed by atoms with Crippen LogP contribution in [0.15, 0.2) is 11.0 Å². The molecular weight excluding hydrogens is 178 g/mol. The molecule has 0 radical (unpaired) electrons. The van der Waals surface area contributed by atoms with Gasteiger partial charge in [0.05, 0.1) is 6.07 Å². The largest absolute Gasteiger partial charge is 0.198 e. The number of rotatable bonds is 3. The van der Waals surface area contributed by atoms with Crippen molar-refractivity contribution in [2.45, 2.75) is 38.9 Å². The summed E-state index contributed by atoms with van der Waals surface area (Å²) in [6.07, 6.45) is 1.85. The summed E-state index contributed by atoms with van der Waals surface area (Å²) in [5.74, 6) is 1.08. The Kier molecular flexibility index (Phi) is 3.87. The number of thioether (sulfide) groups is 1. The molecule has 0 saturated heterocycles. The summed E-state index contributed by atoms with van der Waals surface area (Å²) in [5.41, 5.74) is 1.49. The maximum Gasteiger partial charge on any atom is 0.0628 e. The second-order valence-corrected chi connectivity index (χ2v) is 5.37. The van der Waals surface area contributed by atoms with Gasteiger partial charge in [0.15, 0.2) is 0 Å². The van der Waals surface area contributed by atoms with E-state index in [2.05, 4.69) is 32.2 Å². The summed E-state index contributed by atoms with van der Waals surface area (Å²) in [5, 5.41) is 11.7. The third-order valence-electron chi connectivity index (χ3n) is 2.57. The van der Waals surface area contributed by atoms with Gasteiger partial charge in [0, 0.05) is 11.7 Å². The predicted octanol–water partition coefficient (Wildman–Crippen LogP) is 3.58. The lowest BCUT2D eigenvalue weighted by Crippen LogP contribution is -2.11. The Balaban J connectivity index is 2.61. The second kappa shape index (κ2) is 4.72. The van der Waals surface area contributed by atoms with Crippen molar-refractivity contribution in [3.05, 3.63) is 11.0 Å². The smallest absolute Gasteiger partial charge is 0.0628 e. The number of hydrogen-bond acceptors (Lipinski definition) is 2. The van der Waals surface area contributed by atoms with Crippen LogP contribution in [0.4, 0.5) is 0 Å². The van der Waals surface area contributed by atoms with Crippen molar-refractivity contribution in [3.8, 4) is 6.07 Å². The van der Waals surface area contributed by atoms with Crippen molar-refractivity contribution in [1.29, 1.82) is 5.26 Å². The van der Waals surface area contributed by atoms with E-state index in [1.54, 1.807) is 0 Å². The second-order valence-electron chi connectivity index (χ2n) is 4.06. The summed E-state index contributed by atoms with van der Waals surface area (Å²) in [6.45, 7) is 6.66. The van der Waals surface area contributed by atoms with Gasteiger partial charge in [0.25, 0.3) is 0 Å². The Hall–Kier alpha value is -0.420. The van der Waals surface area contributed by atoms with Crippen molar-refractivity contribution in [2.75, 3.05) is 0 Å². The summed E-state index contributed by atoms with van der Waals surface area (Å²) in [6, 6.07) is 2.29. The molecule has 0 aromatic heterocycles. The molecule has 1 nitrogen and oxygen atoms in total. The minimum Gasteiger partial charge on any atom is -0.198 e. The summed E-state index contributed by atoms with van der Waals surface area (Å²) < 4.78 is 0. The molecule has 1 aliphatic heterocycles. The van der Waals surface area contributed by atoms with Gasteiger partial charge in [-0.2, -0.15) is 5.26 Å². The number of allylic oxidation sites excluding steroid dienone is 1. The van der Waals surface area contributed by atoms with E-state index >= 15 is 0 Å². The molecule has 1 aliphatic rings. The van der Waals surface area contributed by atoms with E-state index in [9.17, 15) is 0 Å². The van der Waals surface area contributed by atoms with Crippen LogP contribution in [0.5, 0.6) is 0 Å². The Morgan fingerprint density at radius 1 is 1.69 bits per heavy atom. The van der Waals surface area contributed by atoms with Crippen LogP contribution in [-0.2, 0) is 0 Å². The highest BCUT2D eigenvalue weighted by molar-refractivity contribution is 8.03. The van der Waals surface area contributed by atoms with Crippen LogP contribution in [0.25, 0.3) is 0 Å². The quantitative estimate of drug-likeness (QED) is 0.687. The minimum absolute atomic E-state index is 0.488. The summed E-state index contributed by atoms with van der Waals surface area (Å²) >= 11 is 1.91. The fourth-order valence-electron chi connectivity index (χ4n) is 1.76. The Morgan fingerprint density at radius 2 is 2.38 bits per heavy atom. The SMILES string of the molecule is CC1CC([C@@H](CC#N)C(C)C)=CS1. The first-order chi connectivity index (χ1) is 6.15. The Morgan fingerprint density at radius 3 is 2.77 bits per heavy atom. The maximum absolute atomic E-state index is 8.73. The van der Waals surface area contributed by atoms with Crippen molar-refractivity contribution < 1.29 is 0 Å². The van der Waals surface area contributed by atoms with Gasteiger partial charge in [-0.3, -0.25) is 0 Å². The van der Waals surface area contributed by atoms with Crippen LogP contribution < -0.4 is 0 Å². The number of nitriles is 1. The van der Waals surface area contributed by atoms with E-state index in [0.717, 1.165) is 5.25 Å².